The molecule has 24 heteroatoms. The molecule has 4 unspecified atom stereocenters. The number of fused-ring (bicyclic) bond motifs is 3. The fourth-order valence-corrected chi connectivity index (χ4v) is 8.55. The maximum atomic E-state index is 16.1. The molecule has 3 saturated heterocycles. The van der Waals surface area contributed by atoms with Gasteiger partial charge in [-0.2, -0.15) is 0 Å². The van der Waals surface area contributed by atoms with Crippen LogP contribution in [-0.4, -0.2) is 87.9 Å². The third-order valence-electron chi connectivity index (χ3n) is 8.28. The van der Waals surface area contributed by atoms with E-state index in [-0.39, 0.29) is 40.4 Å². The zero-order valence-corrected chi connectivity index (χ0v) is 24.3. The van der Waals surface area contributed by atoms with Gasteiger partial charge in [-0.1, -0.05) is 0 Å². The largest absolute Gasteiger partial charge is 0.766 e. The second-order valence-electron chi connectivity index (χ2n) is 10.9. The average molecular weight is 670 g/mol. The summed E-state index contributed by atoms with van der Waals surface area (Å²) < 4.78 is 83.0. The third kappa shape index (κ3) is 4.55. The van der Waals surface area contributed by atoms with Crippen LogP contribution in [0.1, 0.15) is 18.9 Å². The van der Waals surface area contributed by atoms with Crippen LogP contribution in [0.4, 0.5) is 20.4 Å². The number of hydrogen-bond donors (Lipinski definition) is 4. The van der Waals surface area contributed by atoms with Crippen LogP contribution in [0.2, 0.25) is 0 Å². The number of imidazole rings is 2. The Morgan fingerprint density at radius 2 is 1.51 bits per heavy atom. The molecule has 6 N–H and O–H groups in total. The molecule has 20 nitrogen and oxygen atoms in total. The molecule has 4 aromatic heterocycles. The fourth-order valence-electron chi connectivity index (χ4n) is 6.11. The molecule has 0 radical (unpaired) electrons. The first kappa shape index (κ1) is 29.1. The fraction of sp³-hybridized carbons (Fsp3) is 0.524. The zero-order chi connectivity index (χ0) is 31.5. The van der Waals surface area contributed by atoms with E-state index in [9.17, 15) is 18.9 Å². The summed E-state index contributed by atoms with van der Waals surface area (Å²) in [5.41, 5.74) is 10.3. The molecular formula is C21H22F2N12O8P2-2. The first-order chi connectivity index (χ1) is 21.4. The number of aromatic nitrogens is 8. The molecule has 11 atom stereocenters. The van der Waals surface area contributed by atoms with Crippen molar-refractivity contribution < 1.29 is 46.2 Å². The van der Waals surface area contributed by atoms with Crippen molar-refractivity contribution in [1.29, 1.82) is 0 Å². The highest BCUT2D eigenvalue weighted by Crippen LogP contribution is 2.61. The van der Waals surface area contributed by atoms with Gasteiger partial charge in [-0.05, 0) is 0 Å². The summed E-state index contributed by atoms with van der Waals surface area (Å²) in [6.45, 7) is -0.862. The van der Waals surface area contributed by atoms with Gasteiger partial charge in [0.15, 0.2) is 47.7 Å². The number of nitrogen functional groups attached to an aromatic ring is 2. The van der Waals surface area contributed by atoms with E-state index >= 15 is 8.78 Å². The number of ether oxygens (including phenoxy) is 2. The molecule has 4 fully saturated rings. The third-order valence-corrected chi connectivity index (χ3v) is 10.5. The second-order valence-corrected chi connectivity index (χ2v) is 13.9. The number of halogens is 2. The van der Waals surface area contributed by atoms with Crippen molar-refractivity contribution >= 4 is 49.5 Å². The van der Waals surface area contributed by atoms with Crippen molar-refractivity contribution in [1.82, 2.24) is 49.2 Å². The highest BCUT2D eigenvalue weighted by Gasteiger charge is 2.72. The monoisotopic (exact) mass is 670 g/mol. The van der Waals surface area contributed by atoms with Gasteiger partial charge >= 0.3 is 0 Å². The van der Waals surface area contributed by atoms with Gasteiger partial charge in [-0.15, -0.1) is 0 Å². The summed E-state index contributed by atoms with van der Waals surface area (Å²) in [7, 11) is -10.3. The SMILES string of the molecule is Nc1ncnc2c1ncn2[C@@H]1O[C@@H]2COP(=O)([O-])N[C@H]3[C@@H](F)[C@H](n4cnc5c(N)ncnc54)OC34CC4OP(=O)([O-])N[C@H]2[C@H]1F. The summed E-state index contributed by atoms with van der Waals surface area (Å²) >= 11 is 0. The van der Waals surface area contributed by atoms with Crippen LogP contribution in [0.25, 0.3) is 22.3 Å². The van der Waals surface area contributed by atoms with Gasteiger partial charge in [0.25, 0.3) is 0 Å². The molecule has 0 bridgehead atoms. The minimum Gasteiger partial charge on any atom is -0.766 e. The molecule has 7 heterocycles. The Hall–Kier alpha value is -3.30. The van der Waals surface area contributed by atoms with E-state index in [4.69, 9.17) is 30.0 Å². The van der Waals surface area contributed by atoms with Gasteiger partial charge in [0.05, 0.1) is 37.4 Å². The molecule has 0 aromatic carbocycles. The van der Waals surface area contributed by atoms with Gasteiger partial charge < -0.3 is 39.8 Å². The van der Waals surface area contributed by atoms with Crippen LogP contribution < -0.4 is 31.4 Å². The summed E-state index contributed by atoms with van der Waals surface area (Å²) in [5.74, 6) is 0.0206. The molecule has 4 aromatic rings. The summed E-state index contributed by atoms with van der Waals surface area (Å²) in [6, 6.07) is -3.36. The maximum Gasteiger partial charge on any atom is 0.205 e. The van der Waals surface area contributed by atoms with Gasteiger partial charge in [0.2, 0.25) is 15.5 Å². The Labute approximate surface area is 249 Å². The number of alkyl halides is 2. The van der Waals surface area contributed by atoms with Crippen LogP contribution in [-0.2, 0) is 27.7 Å². The topological polar surface area (TPSA) is 280 Å². The van der Waals surface area contributed by atoms with Crippen molar-refractivity contribution in [2.75, 3.05) is 18.1 Å². The van der Waals surface area contributed by atoms with E-state index in [1.54, 1.807) is 0 Å². The minimum absolute atomic E-state index is 0.00842. The Morgan fingerprint density at radius 3 is 2.16 bits per heavy atom. The predicted molar refractivity (Wildman–Crippen MR) is 141 cm³/mol. The Kier molecular flexibility index (Phi) is 6.38. The van der Waals surface area contributed by atoms with Crippen LogP contribution in [0.3, 0.4) is 0 Å². The normalized spacial score (nSPS) is 41.7. The molecule has 1 spiro atoms. The Bertz CT molecular complexity index is 1930. The van der Waals surface area contributed by atoms with Gasteiger partial charge in [0, 0.05) is 6.42 Å². The molecule has 3 aliphatic heterocycles. The molecular weight excluding hydrogens is 648 g/mol. The Morgan fingerprint density at radius 1 is 0.889 bits per heavy atom. The zero-order valence-electron chi connectivity index (χ0n) is 22.5. The lowest BCUT2D eigenvalue weighted by atomic mass is 10.1. The molecule has 1 aliphatic carbocycles. The number of anilines is 2. The van der Waals surface area contributed by atoms with Gasteiger partial charge in [-0.3, -0.25) is 18.3 Å². The maximum absolute atomic E-state index is 16.1. The molecule has 8 rings (SSSR count). The van der Waals surface area contributed by atoms with E-state index < -0.39 is 76.8 Å². The number of hydrogen-bond acceptors (Lipinski definition) is 16. The molecule has 240 valence electrons. The standard InChI is InChI=1S/C21H24F2N12O8P2/c22-9-11-7(41-19(9)34-5-30-12-15(24)26-3-28-17(12)34)2-40-44(36,37)33-14-10(23)20(35-6-31-13-16(25)27-4-29-18(13)35)42-21(14)1-8(21)43-45(38,39)32-11/h3-11,14,19-20H,1-2H2,(H2,24,26,28)(H2,25,27,29)(H2,32,38,39)(H2,33,36,37)/p-2/t7-,8?,9-,10-,11-,14+,19-,20-,21?/m1/s1. The predicted octanol–water partition coefficient (Wildman–Crippen LogP) is -1.66. The van der Waals surface area contributed by atoms with Gasteiger partial charge in [-0.25, -0.2) is 48.9 Å². The highest BCUT2D eigenvalue weighted by atomic mass is 31.2. The lowest BCUT2D eigenvalue weighted by Gasteiger charge is -2.35. The number of nitrogens with one attached hydrogen (secondary N) is 2. The smallest absolute Gasteiger partial charge is 0.205 e. The quantitative estimate of drug-likeness (QED) is 0.174. The van der Waals surface area contributed by atoms with Gasteiger partial charge in [0.1, 0.15) is 35.4 Å². The van der Waals surface area contributed by atoms with Crippen LogP contribution in [0.5, 0.6) is 0 Å². The molecule has 0 amide bonds. The van der Waals surface area contributed by atoms with Crippen LogP contribution >= 0.6 is 15.5 Å². The van der Waals surface area contributed by atoms with Crippen LogP contribution in [0, 0.1) is 0 Å². The minimum atomic E-state index is -5.13. The van der Waals surface area contributed by atoms with Crippen molar-refractivity contribution in [3.05, 3.63) is 25.3 Å². The summed E-state index contributed by atoms with van der Waals surface area (Å²) in [5, 5.41) is 4.26. The first-order valence-corrected chi connectivity index (χ1v) is 16.4. The number of nitrogens with zero attached hydrogens (tertiary/aromatic N) is 8. The van der Waals surface area contributed by atoms with E-state index in [0.717, 1.165) is 17.2 Å². The van der Waals surface area contributed by atoms with E-state index in [2.05, 4.69) is 40.1 Å². The lowest BCUT2D eigenvalue weighted by molar-refractivity contribution is -0.209. The van der Waals surface area contributed by atoms with Crippen LogP contribution in [0.15, 0.2) is 25.3 Å². The van der Waals surface area contributed by atoms with E-state index in [1.165, 1.54) is 17.2 Å². The van der Waals surface area contributed by atoms with Crippen molar-refractivity contribution in [2.24, 2.45) is 0 Å². The highest BCUT2D eigenvalue weighted by molar-refractivity contribution is 7.49. The number of nitrogens with two attached hydrogens (primary N) is 2. The molecule has 1 saturated carbocycles. The lowest BCUT2D eigenvalue weighted by Crippen LogP contribution is -2.49. The summed E-state index contributed by atoms with van der Waals surface area (Å²) in [6.07, 6.45) is -5.80. The average Bonchev–Trinajstić information content (AvgIpc) is 3.36. The Balaban J connectivity index is 1.11. The first-order valence-electron chi connectivity index (χ1n) is 13.4. The van der Waals surface area contributed by atoms with E-state index in [0.29, 0.717) is 0 Å². The molecule has 4 aliphatic rings. The molecule has 45 heavy (non-hydrogen) atoms. The summed E-state index contributed by atoms with van der Waals surface area (Å²) in [4.78, 5) is 50.3. The van der Waals surface area contributed by atoms with Crippen molar-refractivity contribution in [3.8, 4) is 0 Å². The second kappa shape index (κ2) is 9.85. The van der Waals surface area contributed by atoms with Crippen molar-refractivity contribution in [2.45, 2.75) is 61.1 Å². The van der Waals surface area contributed by atoms with Crippen molar-refractivity contribution in [3.63, 3.8) is 0 Å². The van der Waals surface area contributed by atoms with E-state index in [1.807, 2.05) is 0 Å². The number of rotatable bonds is 2.